The Kier molecular flexibility index (Phi) is 13.7. The third-order valence-corrected chi connectivity index (χ3v) is 4.29. The smallest absolute Gasteiger partial charge is 0.326 e. The van der Waals surface area contributed by atoms with Gasteiger partial charge in [-0.05, 0) is 44.7 Å². The Morgan fingerprint density at radius 1 is 0.969 bits per heavy atom. The predicted octanol–water partition coefficient (Wildman–Crippen LogP) is -2.39. The van der Waals surface area contributed by atoms with Crippen molar-refractivity contribution < 1.29 is 34.2 Å². The number of aliphatic hydroxyl groups excluding tert-OH is 1. The van der Waals surface area contributed by atoms with E-state index in [2.05, 4.69) is 26.0 Å². The molecule has 32 heavy (non-hydrogen) atoms. The van der Waals surface area contributed by atoms with Crippen molar-refractivity contribution in [1.82, 2.24) is 16.0 Å². The van der Waals surface area contributed by atoms with Gasteiger partial charge in [0, 0.05) is 11.3 Å². The van der Waals surface area contributed by atoms with Crippen LogP contribution in [0.3, 0.4) is 0 Å². The number of nitrogens with two attached hydrogens (primary N) is 2. The maximum atomic E-state index is 12.6. The van der Waals surface area contributed by atoms with E-state index in [9.17, 15) is 29.1 Å². The molecular weight excluding hydrogens is 428 g/mol. The van der Waals surface area contributed by atoms with Crippen LogP contribution in [-0.2, 0) is 24.0 Å². The third kappa shape index (κ3) is 11.1. The second-order valence-corrected chi connectivity index (χ2v) is 6.87. The minimum Gasteiger partial charge on any atom is -0.480 e. The third-order valence-electron chi connectivity index (χ3n) is 4.29. The minimum absolute atomic E-state index is 0.147. The maximum Gasteiger partial charge on any atom is 0.326 e. The lowest BCUT2D eigenvalue weighted by molar-refractivity contribution is -0.143. The van der Waals surface area contributed by atoms with Crippen LogP contribution in [0.2, 0.25) is 0 Å². The fourth-order valence-electron chi connectivity index (χ4n) is 2.47. The Morgan fingerprint density at radius 2 is 1.53 bits per heavy atom. The number of carbonyl (C=O) groups excluding carboxylic acids is 4. The van der Waals surface area contributed by atoms with Gasteiger partial charge in [-0.1, -0.05) is 5.11 Å². The minimum atomic E-state index is -1.53. The Hall–Kier alpha value is -3.42. The van der Waals surface area contributed by atoms with Crippen molar-refractivity contribution in [3.05, 3.63) is 10.4 Å². The number of nitrogens with zero attached hydrogens (tertiary/aromatic N) is 3. The first-order valence-corrected chi connectivity index (χ1v) is 9.84. The number of amides is 4. The number of carboxylic acids is 1. The van der Waals surface area contributed by atoms with Gasteiger partial charge in [0.1, 0.15) is 24.2 Å². The maximum absolute atomic E-state index is 12.6. The van der Waals surface area contributed by atoms with E-state index in [0.717, 1.165) is 0 Å². The molecule has 0 aliphatic heterocycles. The van der Waals surface area contributed by atoms with Gasteiger partial charge in [0.25, 0.3) is 0 Å². The summed E-state index contributed by atoms with van der Waals surface area (Å²) in [6, 6.07) is -5.22. The molecule has 0 rings (SSSR count). The van der Waals surface area contributed by atoms with Gasteiger partial charge in [-0.25, -0.2) is 4.79 Å². The molecule has 15 nitrogen and oxygen atoms in total. The van der Waals surface area contributed by atoms with Crippen LogP contribution in [0.5, 0.6) is 0 Å². The number of carbonyl (C=O) groups is 5. The number of aliphatic carboxylic acids is 1. The number of carboxylic acid groups (broad SMARTS) is 1. The summed E-state index contributed by atoms with van der Waals surface area (Å²) in [7, 11) is 0. The molecule has 4 amide bonds. The summed E-state index contributed by atoms with van der Waals surface area (Å²) in [4.78, 5) is 61.7. The number of azide groups is 1. The molecule has 0 heterocycles. The molecule has 15 heteroatoms. The summed E-state index contributed by atoms with van der Waals surface area (Å²) in [5.41, 5.74) is 18.8. The summed E-state index contributed by atoms with van der Waals surface area (Å²) in [5, 5.41) is 28.7. The zero-order valence-corrected chi connectivity index (χ0v) is 17.7. The van der Waals surface area contributed by atoms with Crippen LogP contribution >= 0.6 is 0 Å². The standard InChI is InChI=1S/C17H30N8O7/c1-9(24-25-20)14(28)21-10(4-2-3-7-18)15(29)23-12(8-26)16(30)22-11(17(31)32)5-6-13(19)27/h9-12,26H,2-8,18H2,1H3,(H2,19,27)(H,21,28)(H,22,30)(H,23,29)(H,31,32)/t9-,10-,11-,12-/m0/s1. The molecule has 0 saturated carbocycles. The van der Waals surface area contributed by atoms with Crippen LogP contribution in [0.15, 0.2) is 5.11 Å². The summed E-state index contributed by atoms with van der Waals surface area (Å²) in [6.45, 7) is 0.811. The van der Waals surface area contributed by atoms with Crippen molar-refractivity contribution in [3.8, 4) is 0 Å². The van der Waals surface area contributed by atoms with Crippen molar-refractivity contribution in [2.45, 2.75) is 63.2 Å². The summed E-state index contributed by atoms with van der Waals surface area (Å²) in [5.74, 6) is -4.74. The van der Waals surface area contributed by atoms with E-state index in [0.29, 0.717) is 19.4 Å². The molecular formula is C17H30N8O7. The van der Waals surface area contributed by atoms with Crippen molar-refractivity contribution in [3.63, 3.8) is 0 Å². The molecule has 0 fully saturated rings. The molecule has 9 N–H and O–H groups in total. The quantitative estimate of drug-likeness (QED) is 0.0566. The first-order valence-electron chi connectivity index (χ1n) is 9.84. The van der Waals surface area contributed by atoms with Gasteiger partial charge in [0.2, 0.25) is 23.6 Å². The summed E-state index contributed by atoms with van der Waals surface area (Å²) >= 11 is 0. The van der Waals surface area contributed by atoms with E-state index >= 15 is 0 Å². The highest BCUT2D eigenvalue weighted by Gasteiger charge is 2.29. The van der Waals surface area contributed by atoms with Crippen LogP contribution in [0.4, 0.5) is 0 Å². The number of aliphatic hydroxyl groups is 1. The van der Waals surface area contributed by atoms with Crippen molar-refractivity contribution in [1.29, 1.82) is 0 Å². The fraction of sp³-hybridized carbons (Fsp3) is 0.706. The second-order valence-electron chi connectivity index (χ2n) is 6.87. The van der Waals surface area contributed by atoms with Gasteiger partial charge >= 0.3 is 5.97 Å². The zero-order chi connectivity index (χ0) is 24.7. The number of hydrogen-bond donors (Lipinski definition) is 7. The number of primary amides is 1. The molecule has 0 spiro atoms. The number of rotatable bonds is 16. The van der Waals surface area contributed by atoms with Crippen LogP contribution in [0.25, 0.3) is 10.4 Å². The van der Waals surface area contributed by atoms with E-state index < -0.39 is 60.4 Å². The lowest BCUT2D eigenvalue weighted by Gasteiger charge is -2.24. The van der Waals surface area contributed by atoms with E-state index in [-0.39, 0.29) is 19.3 Å². The number of unbranched alkanes of at least 4 members (excludes halogenated alkanes) is 1. The SMILES string of the molecule is C[C@H](N=[N+]=[N-])C(=O)N[C@@H](CCCCN)C(=O)N[C@@H](CO)C(=O)N[C@@H](CCC(N)=O)C(=O)O. The van der Waals surface area contributed by atoms with Gasteiger partial charge < -0.3 is 37.6 Å². The highest BCUT2D eigenvalue weighted by Crippen LogP contribution is 2.04. The molecule has 0 aliphatic rings. The van der Waals surface area contributed by atoms with E-state index in [4.69, 9.17) is 22.1 Å². The van der Waals surface area contributed by atoms with Crippen molar-refractivity contribution in [2.24, 2.45) is 16.6 Å². The average Bonchev–Trinajstić information content (AvgIpc) is 2.73. The van der Waals surface area contributed by atoms with Gasteiger partial charge in [0.15, 0.2) is 0 Å². The van der Waals surface area contributed by atoms with Crippen LogP contribution in [0.1, 0.15) is 39.0 Å². The second kappa shape index (κ2) is 15.4. The van der Waals surface area contributed by atoms with E-state index in [1.54, 1.807) is 0 Å². The molecule has 0 radical (unpaired) electrons. The normalized spacial score (nSPS) is 14.1. The summed E-state index contributed by atoms with van der Waals surface area (Å²) in [6.07, 6.45) is 0.571. The lowest BCUT2D eigenvalue weighted by atomic mass is 10.1. The fourth-order valence-corrected chi connectivity index (χ4v) is 2.47. The van der Waals surface area contributed by atoms with Gasteiger partial charge in [-0.3, -0.25) is 19.2 Å². The monoisotopic (exact) mass is 458 g/mol. The zero-order valence-electron chi connectivity index (χ0n) is 17.7. The van der Waals surface area contributed by atoms with Gasteiger partial charge in [0.05, 0.1) is 6.61 Å². The highest BCUT2D eigenvalue weighted by atomic mass is 16.4. The first kappa shape index (κ1) is 28.6. The predicted molar refractivity (Wildman–Crippen MR) is 110 cm³/mol. The number of hydrogen-bond acceptors (Lipinski definition) is 8. The molecule has 0 aromatic heterocycles. The van der Waals surface area contributed by atoms with Crippen molar-refractivity contribution in [2.75, 3.05) is 13.2 Å². The van der Waals surface area contributed by atoms with Crippen LogP contribution in [0, 0.1) is 0 Å². The van der Waals surface area contributed by atoms with Crippen LogP contribution in [-0.4, -0.2) is 77.1 Å². The lowest BCUT2D eigenvalue weighted by Crippen LogP contribution is -2.57. The van der Waals surface area contributed by atoms with Crippen molar-refractivity contribution >= 4 is 29.6 Å². The van der Waals surface area contributed by atoms with Gasteiger partial charge in [-0.15, -0.1) is 0 Å². The average molecular weight is 458 g/mol. The molecule has 0 saturated heterocycles. The molecule has 0 bridgehead atoms. The topological polar surface area (TPSA) is 263 Å². The molecule has 4 atom stereocenters. The van der Waals surface area contributed by atoms with E-state index in [1.807, 2.05) is 0 Å². The molecule has 0 aliphatic carbocycles. The summed E-state index contributed by atoms with van der Waals surface area (Å²) < 4.78 is 0. The Morgan fingerprint density at radius 3 is 2.03 bits per heavy atom. The molecule has 180 valence electrons. The largest absolute Gasteiger partial charge is 0.480 e. The highest BCUT2D eigenvalue weighted by molar-refractivity contribution is 5.94. The van der Waals surface area contributed by atoms with Gasteiger partial charge in [-0.2, -0.15) is 0 Å². The van der Waals surface area contributed by atoms with E-state index in [1.165, 1.54) is 6.92 Å². The van der Waals surface area contributed by atoms with Crippen LogP contribution < -0.4 is 27.4 Å². The molecule has 0 unspecified atom stereocenters. The Balaban J connectivity index is 5.25. The first-order chi connectivity index (χ1) is 15.1. The molecule has 0 aromatic carbocycles. The number of nitrogens with one attached hydrogen (secondary N) is 3. The Labute approximate surface area is 183 Å². The Bertz CT molecular complexity index is 726. The molecule has 0 aromatic rings.